The SMILES string of the molecule is CCc1nc(C(N)c2ccc(Cl)cc2)n[nH]1. The number of benzene rings is 1. The molecular weight excluding hydrogens is 224 g/mol. The standard InChI is InChI=1S/C11H13ClN4/c1-2-9-14-11(16-15-9)10(13)7-3-5-8(12)6-4-7/h3-6,10H,2,13H2,1H3,(H,14,15,16). The van der Waals surface area contributed by atoms with Crippen LogP contribution in [0.2, 0.25) is 5.02 Å². The Balaban J connectivity index is 2.24. The molecule has 0 aliphatic heterocycles. The highest BCUT2D eigenvalue weighted by Gasteiger charge is 2.13. The zero-order chi connectivity index (χ0) is 11.5. The van der Waals surface area contributed by atoms with Gasteiger partial charge in [-0.2, -0.15) is 5.10 Å². The van der Waals surface area contributed by atoms with Crippen molar-refractivity contribution >= 4 is 11.6 Å². The molecule has 5 heteroatoms. The summed E-state index contributed by atoms with van der Waals surface area (Å²) in [5.41, 5.74) is 7.00. The molecule has 0 aliphatic rings. The number of hydrogen-bond acceptors (Lipinski definition) is 3. The summed E-state index contributed by atoms with van der Waals surface area (Å²) < 4.78 is 0. The molecule has 16 heavy (non-hydrogen) atoms. The number of nitrogens with zero attached hydrogens (tertiary/aromatic N) is 2. The molecule has 0 saturated carbocycles. The fraction of sp³-hybridized carbons (Fsp3) is 0.273. The molecule has 0 amide bonds. The predicted octanol–water partition coefficient (Wildman–Crippen LogP) is 2.07. The van der Waals surface area contributed by atoms with Crippen LogP contribution in [-0.4, -0.2) is 15.2 Å². The second-order valence-corrected chi connectivity index (χ2v) is 3.96. The van der Waals surface area contributed by atoms with Crippen LogP contribution < -0.4 is 5.73 Å². The van der Waals surface area contributed by atoms with E-state index in [2.05, 4.69) is 15.2 Å². The van der Waals surface area contributed by atoms with Gasteiger partial charge in [0.05, 0.1) is 6.04 Å². The van der Waals surface area contributed by atoms with Gasteiger partial charge in [-0.25, -0.2) is 4.98 Å². The Labute approximate surface area is 98.8 Å². The lowest BCUT2D eigenvalue weighted by atomic mass is 10.1. The molecule has 0 bridgehead atoms. The Morgan fingerprint density at radius 2 is 2.06 bits per heavy atom. The highest BCUT2D eigenvalue weighted by atomic mass is 35.5. The molecule has 0 saturated heterocycles. The average Bonchev–Trinajstić information content (AvgIpc) is 2.77. The monoisotopic (exact) mass is 236 g/mol. The molecule has 1 heterocycles. The minimum Gasteiger partial charge on any atom is -0.318 e. The quantitative estimate of drug-likeness (QED) is 0.857. The second kappa shape index (κ2) is 4.63. The fourth-order valence-electron chi connectivity index (χ4n) is 1.43. The number of nitrogens with one attached hydrogen (secondary N) is 1. The molecule has 3 N–H and O–H groups in total. The van der Waals surface area contributed by atoms with Crippen LogP contribution >= 0.6 is 11.6 Å². The van der Waals surface area contributed by atoms with Crippen LogP contribution in [0.3, 0.4) is 0 Å². The van der Waals surface area contributed by atoms with Crippen molar-refractivity contribution < 1.29 is 0 Å². The number of rotatable bonds is 3. The number of aromatic amines is 1. The smallest absolute Gasteiger partial charge is 0.171 e. The van der Waals surface area contributed by atoms with Gasteiger partial charge in [0.25, 0.3) is 0 Å². The summed E-state index contributed by atoms with van der Waals surface area (Å²) in [5.74, 6) is 1.46. The number of H-pyrrole nitrogens is 1. The van der Waals surface area contributed by atoms with E-state index in [9.17, 15) is 0 Å². The van der Waals surface area contributed by atoms with E-state index < -0.39 is 0 Å². The van der Waals surface area contributed by atoms with E-state index in [1.807, 2.05) is 31.2 Å². The first-order chi connectivity index (χ1) is 7.70. The third kappa shape index (κ3) is 2.23. The summed E-state index contributed by atoms with van der Waals surface area (Å²) in [7, 11) is 0. The number of halogens is 1. The lowest BCUT2D eigenvalue weighted by Gasteiger charge is -2.07. The lowest BCUT2D eigenvalue weighted by molar-refractivity contribution is 0.787. The zero-order valence-corrected chi connectivity index (χ0v) is 9.70. The van der Waals surface area contributed by atoms with Crippen molar-refractivity contribution in [2.24, 2.45) is 5.73 Å². The van der Waals surface area contributed by atoms with Crippen molar-refractivity contribution in [3.8, 4) is 0 Å². The number of nitrogens with two attached hydrogens (primary N) is 1. The first kappa shape index (κ1) is 11.1. The number of hydrogen-bond donors (Lipinski definition) is 2. The van der Waals surface area contributed by atoms with Gasteiger partial charge in [-0.15, -0.1) is 0 Å². The molecule has 0 aliphatic carbocycles. The van der Waals surface area contributed by atoms with Gasteiger partial charge in [-0.05, 0) is 17.7 Å². The minimum absolute atomic E-state index is 0.311. The van der Waals surface area contributed by atoms with Gasteiger partial charge in [-0.3, -0.25) is 5.10 Å². The van der Waals surface area contributed by atoms with Crippen molar-refractivity contribution in [3.63, 3.8) is 0 Å². The van der Waals surface area contributed by atoms with E-state index in [0.717, 1.165) is 17.8 Å². The van der Waals surface area contributed by atoms with Gasteiger partial charge >= 0.3 is 0 Å². The molecule has 1 atom stereocenters. The van der Waals surface area contributed by atoms with Crippen LogP contribution in [0.5, 0.6) is 0 Å². The van der Waals surface area contributed by atoms with Crippen molar-refractivity contribution in [1.82, 2.24) is 15.2 Å². The maximum absolute atomic E-state index is 6.05. The van der Waals surface area contributed by atoms with Crippen LogP contribution in [-0.2, 0) is 6.42 Å². The van der Waals surface area contributed by atoms with Gasteiger partial charge in [0.2, 0.25) is 0 Å². The second-order valence-electron chi connectivity index (χ2n) is 3.52. The van der Waals surface area contributed by atoms with Gasteiger partial charge in [0.1, 0.15) is 5.82 Å². The Kier molecular flexibility index (Phi) is 3.22. The average molecular weight is 237 g/mol. The van der Waals surface area contributed by atoms with E-state index in [0.29, 0.717) is 10.8 Å². The number of aromatic nitrogens is 3. The van der Waals surface area contributed by atoms with E-state index in [1.165, 1.54) is 0 Å². The van der Waals surface area contributed by atoms with Crippen molar-refractivity contribution in [3.05, 3.63) is 46.5 Å². The Morgan fingerprint density at radius 3 is 2.62 bits per heavy atom. The highest BCUT2D eigenvalue weighted by molar-refractivity contribution is 6.30. The normalized spacial score (nSPS) is 12.7. The van der Waals surface area contributed by atoms with E-state index >= 15 is 0 Å². The molecule has 2 rings (SSSR count). The predicted molar refractivity (Wildman–Crippen MR) is 63.2 cm³/mol. The van der Waals surface area contributed by atoms with Gasteiger partial charge < -0.3 is 5.73 Å². The Morgan fingerprint density at radius 1 is 1.38 bits per heavy atom. The summed E-state index contributed by atoms with van der Waals surface area (Å²) in [6.07, 6.45) is 0.820. The van der Waals surface area contributed by atoms with Crippen molar-refractivity contribution in [2.75, 3.05) is 0 Å². The van der Waals surface area contributed by atoms with Gasteiger partial charge in [-0.1, -0.05) is 30.7 Å². The van der Waals surface area contributed by atoms with Gasteiger partial charge in [0.15, 0.2) is 5.82 Å². The molecular formula is C11H13ClN4. The zero-order valence-electron chi connectivity index (χ0n) is 8.94. The third-order valence-corrected chi connectivity index (χ3v) is 2.64. The summed E-state index contributed by atoms with van der Waals surface area (Å²) >= 11 is 5.81. The minimum atomic E-state index is -0.311. The van der Waals surface area contributed by atoms with Crippen molar-refractivity contribution in [1.29, 1.82) is 0 Å². The third-order valence-electron chi connectivity index (χ3n) is 2.39. The molecule has 4 nitrogen and oxygen atoms in total. The largest absolute Gasteiger partial charge is 0.318 e. The molecule has 2 aromatic rings. The summed E-state index contributed by atoms with van der Waals surface area (Å²) in [5, 5.41) is 7.64. The van der Waals surface area contributed by atoms with E-state index in [4.69, 9.17) is 17.3 Å². The van der Waals surface area contributed by atoms with Gasteiger partial charge in [0, 0.05) is 11.4 Å². The molecule has 0 radical (unpaired) electrons. The first-order valence-corrected chi connectivity index (χ1v) is 5.50. The summed E-state index contributed by atoms with van der Waals surface area (Å²) in [4.78, 5) is 4.30. The van der Waals surface area contributed by atoms with Crippen molar-refractivity contribution in [2.45, 2.75) is 19.4 Å². The van der Waals surface area contributed by atoms with Crippen LogP contribution in [0, 0.1) is 0 Å². The fourth-order valence-corrected chi connectivity index (χ4v) is 1.55. The van der Waals surface area contributed by atoms with Crippen LogP contribution in [0.4, 0.5) is 0 Å². The van der Waals surface area contributed by atoms with E-state index in [-0.39, 0.29) is 6.04 Å². The molecule has 1 unspecified atom stereocenters. The van der Waals surface area contributed by atoms with E-state index in [1.54, 1.807) is 0 Å². The summed E-state index contributed by atoms with van der Waals surface area (Å²) in [6.45, 7) is 2.01. The number of aryl methyl sites for hydroxylation is 1. The molecule has 84 valence electrons. The molecule has 0 fully saturated rings. The Hall–Kier alpha value is -1.39. The molecule has 0 spiro atoms. The molecule has 1 aromatic carbocycles. The van der Waals surface area contributed by atoms with Crippen LogP contribution in [0.15, 0.2) is 24.3 Å². The maximum atomic E-state index is 6.05. The first-order valence-electron chi connectivity index (χ1n) is 5.13. The molecule has 1 aromatic heterocycles. The maximum Gasteiger partial charge on any atom is 0.171 e. The summed E-state index contributed by atoms with van der Waals surface area (Å²) in [6, 6.07) is 7.08. The topological polar surface area (TPSA) is 67.6 Å². The van der Waals surface area contributed by atoms with Crippen LogP contribution in [0.1, 0.15) is 30.2 Å². The highest BCUT2D eigenvalue weighted by Crippen LogP contribution is 2.18. The van der Waals surface area contributed by atoms with Crippen LogP contribution in [0.25, 0.3) is 0 Å². The lowest BCUT2D eigenvalue weighted by Crippen LogP contribution is -2.13. The Bertz CT molecular complexity index is 463.